The molecule has 0 spiro atoms. The van der Waals surface area contributed by atoms with E-state index in [1.807, 2.05) is 28.5 Å². The number of carbonyl (C=O) groups excluding carboxylic acids is 2. The molecule has 104 valence electrons. The van der Waals surface area contributed by atoms with Crippen molar-refractivity contribution in [3.8, 4) is 0 Å². The van der Waals surface area contributed by atoms with Gasteiger partial charge in [-0.2, -0.15) is 0 Å². The highest BCUT2D eigenvalue weighted by atomic mass is 33.1. The van der Waals surface area contributed by atoms with Gasteiger partial charge in [0.15, 0.2) is 0 Å². The number of hydrogen-bond acceptors (Lipinski definition) is 5. The van der Waals surface area contributed by atoms with Crippen LogP contribution >= 0.6 is 21.6 Å². The SMILES string of the molecule is CCCCC(=O)OC(=O)CCCC[C@@H]1CCSS1. The summed E-state index contributed by atoms with van der Waals surface area (Å²) in [6.07, 6.45) is 6.83. The highest BCUT2D eigenvalue weighted by Gasteiger charge is 2.16. The predicted molar refractivity (Wildman–Crippen MR) is 77.5 cm³/mol. The van der Waals surface area contributed by atoms with Crippen molar-refractivity contribution in [3.63, 3.8) is 0 Å². The monoisotopic (exact) mass is 290 g/mol. The Labute approximate surface area is 117 Å². The van der Waals surface area contributed by atoms with Gasteiger partial charge in [0.2, 0.25) is 0 Å². The fraction of sp³-hybridized carbons (Fsp3) is 0.846. The normalized spacial score (nSPS) is 18.8. The Morgan fingerprint density at radius 1 is 1.17 bits per heavy atom. The maximum absolute atomic E-state index is 11.4. The van der Waals surface area contributed by atoms with Gasteiger partial charge in [0.05, 0.1) is 0 Å². The molecule has 0 aliphatic carbocycles. The van der Waals surface area contributed by atoms with Crippen molar-refractivity contribution in [1.29, 1.82) is 0 Å². The lowest BCUT2D eigenvalue weighted by Gasteiger charge is -2.06. The molecule has 1 aliphatic rings. The molecular formula is C13H22O3S2. The van der Waals surface area contributed by atoms with Crippen molar-refractivity contribution >= 4 is 33.5 Å². The van der Waals surface area contributed by atoms with E-state index >= 15 is 0 Å². The summed E-state index contributed by atoms with van der Waals surface area (Å²) in [4.78, 5) is 22.6. The van der Waals surface area contributed by atoms with Crippen LogP contribution in [0, 0.1) is 0 Å². The fourth-order valence-electron chi connectivity index (χ4n) is 1.76. The first kappa shape index (κ1) is 15.9. The Balaban J connectivity index is 1.97. The van der Waals surface area contributed by atoms with E-state index < -0.39 is 0 Å². The number of ether oxygens (including phenoxy) is 1. The van der Waals surface area contributed by atoms with Crippen LogP contribution in [0.4, 0.5) is 0 Å². The molecule has 3 nitrogen and oxygen atoms in total. The summed E-state index contributed by atoms with van der Waals surface area (Å²) in [5, 5.41) is 0.761. The lowest BCUT2D eigenvalue weighted by Crippen LogP contribution is -2.12. The highest BCUT2D eigenvalue weighted by Crippen LogP contribution is 2.39. The summed E-state index contributed by atoms with van der Waals surface area (Å²) < 4.78 is 4.74. The van der Waals surface area contributed by atoms with Crippen molar-refractivity contribution in [2.45, 2.75) is 63.5 Å². The van der Waals surface area contributed by atoms with Crippen molar-refractivity contribution in [2.24, 2.45) is 0 Å². The van der Waals surface area contributed by atoms with Gasteiger partial charge in [-0.15, -0.1) is 0 Å². The summed E-state index contributed by atoms with van der Waals surface area (Å²) in [6, 6.07) is 0. The van der Waals surface area contributed by atoms with Gasteiger partial charge in [0.25, 0.3) is 0 Å². The molecular weight excluding hydrogens is 268 g/mol. The molecule has 1 saturated heterocycles. The standard InChI is InChI=1S/C13H22O3S2/c1-2-3-7-12(14)16-13(15)8-5-4-6-11-9-10-17-18-11/h11H,2-10H2,1H3/t11-/m1/s1. The maximum Gasteiger partial charge on any atom is 0.313 e. The predicted octanol–water partition coefficient (Wildman–Crippen LogP) is 3.96. The molecule has 0 saturated carbocycles. The van der Waals surface area contributed by atoms with Crippen LogP contribution in [-0.4, -0.2) is 22.9 Å². The molecule has 1 atom stereocenters. The molecule has 0 aromatic heterocycles. The topological polar surface area (TPSA) is 43.4 Å². The molecule has 0 aromatic rings. The molecule has 1 heterocycles. The molecule has 1 aliphatic heterocycles. The minimum Gasteiger partial charge on any atom is -0.393 e. The number of rotatable bonds is 8. The van der Waals surface area contributed by atoms with Crippen LogP contribution in [0.1, 0.15) is 58.3 Å². The van der Waals surface area contributed by atoms with E-state index in [-0.39, 0.29) is 11.9 Å². The van der Waals surface area contributed by atoms with Crippen LogP contribution in [0.3, 0.4) is 0 Å². The summed E-state index contributed by atoms with van der Waals surface area (Å²) in [5.74, 6) is 0.526. The highest BCUT2D eigenvalue weighted by molar-refractivity contribution is 8.77. The van der Waals surface area contributed by atoms with Gasteiger partial charge in [0, 0.05) is 23.8 Å². The molecule has 0 radical (unpaired) electrons. The lowest BCUT2D eigenvalue weighted by molar-refractivity contribution is -0.159. The Morgan fingerprint density at radius 2 is 1.89 bits per heavy atom. The molecule has 0 aromatic carbocycles. The Morgan fingerprint density at radius 3 is 2.50 bits per heavy atom. The van der Waals surface area contributed by atoms with E-state index in [1.54, 1.807) is 0 Å². The maximum atomic E-state index is 11.4. The van der Waals surface area contributed by atoms with Crippen molar-refractivity contribution in [2.75, 3.05) is 5.75 Å². The van der Waals surface area contributed by atoms with E-state index in [0.717, 1.165) is 30.9 Å². The first-order valence-corrected chi connectivity index (χ1v) is 9.12. The third-order valence-corrected chi connectivity index (χ3v) is 5.85. The van der Waals surface area contributed by atoms with Crippen LogP contribution in [0.2, 0.25) is 0 Å². The molecule has 0 unspecified atom stereocenters. The second-order valence-electron chi connectivity index (χ2n) is 4.52. The quantitative estimate of drug-likeness (QED) is 0.293. The second-order valence-corrected chi connectivity index (χ2v) is 7.31. The average molecular weight is 290 g/mol. The first-order chi connectivity index (χ1) is 8.72. The van der Waals surface area contributed by atoms with Crippen molar-refractivity contribution in [1.82, 2.24) is 0 Å². The zero-order chi connectivity index (χ0) is 13.2. The van der Waals surface area contributed by atoms with E-state index in [9.17, 15) is 9.59 Å². The Bertz CT molecular complexity index is 263. The summed E-state index contributed by atoms with van der Waals surface area (Å²) in [6.45, 7) is 2.01. The van der Waals surface area contributed by atoms with E-state index in [0.29, 0.717) is 12.8 Å². The summed E-state index contributed by atoms with van der Waals surface area (Å²) >= 11 is 0. The molecule has 0 N–H and O–H groups in total. The largest absolute Gasteiger partial charge is 0.393 e. The van der Waals surface area contributed by atoms with Crippen LogP contribution in [0.25, 0.3) is 0 Å². The first-order valence-electron chi connectivity index (χ1n) is 6.74. The number of hydrogen-bond donors (Lipinski definition) is 0. The van der Waals surface area contributed by atoms with Gasteiger partial charge in [0.1, 0.15) is 0 Å². The van der Waals surface area contributed by atoms with Gasteiger partial charge < -0.3 is 4.74 Å². The van der Waals surface area contributed by atoms with Gasteiger partial charge in [-0.3, -0.25) is 9.59 Å². The molecule has 18 heavy (non-hydrogen) atoms. The third-order valence-electron chi connectivity index (χ3n) is 2.85. The van der Waals surface area contributed by atoms with Crippen LogP contribution in [-0.2, 0) is 14.3 Å². The molecule has 1 fully saturated rings. The smallest absolute Gasteiger partial charge is 0.313 e. The number of unbranched alkanes of at least 4 members (excludes halogenated alkanes) is 2. The number of esters is 2. The van der Waals surface area contributed by atoms with Gasteiger partial charge in [-0.1, -0.05) is 41.4 Å². The van der Waals surface area contributed by atoms with Crippen molar-refractivity contribution in [3.05, 3.63) is 0 Å². The minimum absolute atomic E-state index is 0.357. The van der Waals surface area contributed by atoms with Crippen LogP contribution < -0.4 is 0 Å². The van der Waals surface area contributed by atoms with E-state index in [2.05, 4.69) is 0 Å². The molecule has 1 rings (SSSR count). The third kappa shape index (κ3) is 7.31. The molecule has 5 heteroatoms. The lowest BCUT2D eigenvalue weighted by atomic mass is 10.1. The van der Waals surface area contributed by atoms with E-state index in [1.165, 1.54) is 18.6 Å². The van der Waals surface area contributed by atoms with E-state index in [4.69, 9.17) is 4.74 Å². The minimum atomic E-state index is -0.371. The molecule has 0 amide bonds. The zero-order valence-electron chi connectivity index (χ0n) is 11.0. The second kappa shape index (κ2) is 9.73. The average Bonchev–Trinajstić information content (AvgIpc) is 2.85. The van der Waals surface area contributed by atoms with Crippen molar-refractivity contribution < 1.29 is 14.3 Å². The van der Waals surface area contributed by atoms with Gasteiger partial charge in [-0.25, -0.2) is 0 Å². The zero-order valence-corrected chi connectivity index (χ0v) is 12.6. The Hall–Kier alpha value is -0.160. The van der Waals surface area contributed by atoms with Gasteiger partial charge >= 0.3 is 11.9 Å². The Kier molecular flexibility index (Phi) is 8.59. The van der Waals surface area contributed by atoms with Crippen LogP contribution in [0.15, 0.2) is 0 Å². The fourth-order valence-corrected chi connectivity index (χ4v) is 4.78. The summed E-state index contributed by atoms with van der Waals surface area (Å²) in [7, 11) is 3.91. The number of carbonyl (C=O) groups is 2. The molecule has 0 bridgehead atoms. The van der Waals surface area contributed by atoms with Gasteiger partial charge in [-0.05, 0) is 25.7 Å². The van der Waals surface area contributed by atoms with Crippen LogP contribution in [0.5, 0.6) is 0 Å². The summed E-state index contributed by atoms with van der Waals surface area (Å²) in [5.41, 5.74) is 0.